The van der Waals surface area contributed by atoms with Crippen LogP contribution in [0.4, 0.5) is 18.9 Å². The van der Waals surface area contributed by atoms with Crippen molar-refractivity contribution in [3.05, 3.63) is 36.4 Å². The average molecular weight is 397 g/mol. The van der Waals surface area contributed by atoms with Crippen molar-refractivity contribution in [2.75, 3.05) is 25.0 Å². The Morgan fingerprint density at radius 2 is 2.14 bits per heavy atom. The largest absolute Gasteiger partial charge is 0.416 e. The van der Waals surface area contributed by atoms with Crippen LogP contribution < -0.4 is 16.0 Å². The Labute approximate surface area is 158 Å². The third kappa shape index (κ3) is 4.66. The van der Waals surface area contributed by atoms with Gasteiger partial charge in [-0.2, -0.15) is 18.3 Å². The number of nitrogens with one attached hydrogen (secondary N) is 2. The molecule has 2 amide bonds. The smallest absolute Gasteiger partial charge is 0.369 e. The molecule has 28 heavy (non-hydrogen) atoms. The third-order valence-electron chi connectivity index (χ3n) is 4.69. The molecule has 3 rings (SSSR count). The van der Waals surface area contributed by atoms with Crippen LogP contribution in [-0.4, -0.2) is 46.2 Å². The van der Waals surface area contributed by atoms with E-state index >= 15 is 0 Å². The van der Waals surface area contributed by atoms with Gasteiger partial charge in [0.15, 0.2) is 6.54 Å². The second-order valence-electron chi connectivity index (χ2n) is 6.74. The number of aromatic nitrogens is 3. The highest BCUT2D eigenvalue weighted by atomic mass is 19.4. The van der Waals surface area contributed by atoms with E-state index in [1.807, 2.05) is 0 Å². The molecular formula is C17H20F3N6O2+. The van der Waals surface area contributed by atoms with Crippen molar-refractivity contribution >= 4 is 17.5 Å². The lowest BCUT2D eigenvalue weighted by Crippen LogP contribution is -3.14. The summed E-state index contributed by atoms with van der Waals surface area (Å²) >= 11 is 0. The fourth-order valence-corrected chi connectivity index (χ4v) is 3.32. The number of likely N-dealkylation sites (tertiary alicyclic amines) is 1. The molecule has 1 aliphatic heterocycles. The number of benzene rings is 1. The van der Waals surface area contributed by atoms with Crippen LogP contribution in [0.15, 0.2) is 30.9 Å². The molecule has 1 aliphatic rings. The number of quaternary nitrogens is 1. The maximum atomic E-state index is 13.1. The first-order valence-corrected chi connectivity index (χ1v) is 8.73. The molecule has 0 aliphatic carbocycles. The van der Waals surface area contributed by atoms with E-state index < -0.39 is 23.6 Å². The van der Waals surface area contributed by atoms with E-state index in [-0.39, 0.29) is 23.8 Å². The minimum absolute atomic E-state index is 0.0202. The molecule has 1 aromatic heterocycles. The third-order valence-corrected chi connectivity index (χ3v) is 4.69. The standard InChI is InChI=1S/C17H19F3N6O2/c18-17(19,20)12-3-4-14(26-10-22-9-23-26)13(6-12)24-15(27)8-25-5-1-2-11(7-25)16(21)28/h3-4,6,9-11H,1-2,5,7-8H2,(H2,21,28)(H,24,27)/p+1/t11-/m0/s1. The number of rotatable bonds is 5. The summed E-state index contributed by atoms with van der Waals surface area (Å²) in [4.78, 5) is 28.5. The summed E-state index contributed by atoms with van der Waals surface area (Å²) in [5.74, 6) is -1.15. The van der Waals surface area contributed by atoms with Crippen LogP contribution >= 0.6 is 0 Å². The highest BCUT2D eigenvalue weighted by Gasteiger charge is 2.32. The van der Waals surface area contributed by atoms with Crippen LogP contribution in [0.3, 0.4) is 0 Å². The second kappa shape index (κ2) is 7.97. The van der Waals surface area contributed by atoms with Crippen LogP contribution in [0.1, 0.15) is 18.4 Å². The lowest BCUT2D eigenvalue weighted by Gasteiger charge is -2.27. The molecule has 1 fully saturated rings. The normalized spacial score (nSPS) is 20.0. The molecule has 1 saturated heterocycles. The number of piperidine rings is 1. The van der Waals surface area contributed by atoms with Gasteiger partial charge in [0.1, 0.15) is 12.7 Å². The van der Waals surface area contributed by atoms with Crippen molar-refractivity contribution in [2.45, 2.75) is 19.0 Å². The zero-order valence-corrected chi connectivity index (χ0v) is 14.9. The summed E-state index contributed by atoms with van der Waals surface area (Å²) in [6.07, 6.45) is -0.543. The first kappa shape index (κ1) is 19.8. The van der Waals surface area contributed by atoms with Gasteiger partial charge in [0.25, 0.3) is 5.91 Å². The number of amides is 2. The number of nitrogens with two attached hydrogens (primary N) is 1. The van der Waals surface area contributed by atoms with Crippen LogP contribution in [0.5, 0.6) is 0 Å². The number of carbonyl (C=O) groups excluding carboxylic acids is 2. The Morgan fingerprint density at radius 1 is 1.36 bits per heavy atom. The van der Waals surface area contributed by atoms with E-state index in [2.05, 4.69) is 15.4 Å². The minimum atomic E-state index is -4.55. The molecule has 150 valence electrons. The van der Waals surface area contributed by atoms with E-state index in [0.717, 1.165) is 23.5 Å². The summed E-state index contributed by atoms with van der Waals surface area (Å²) in [5, 5.41) is 6.45. The van der Waals surface area contributed by atoms with Gasteiger partial charge in [-0.1, -0.05) is 0 Å². The van der Waals surface area contributed by atoms with Crippen LogP contribution in [0, 0.1) is 5.92 Å². The van der Waals surface area contributed by atoms with Gasteiger partial charge in [-0.05, 0) is 31.0 Å². The van der Waals surface area contributed by atoms with Crippen molar-refractivity contribution in [1.29, 1.82) is 0 Å². The van der Waals surface area contributed by atoms with Crippen molar-refractivity contribution in [1.82, 2.24) is 14.8 Å². The van der Waals surface area contributed by atoms with Crippen LogP contribution in [-0.2, 0) is 15.8 Å². The van der Waals surface area contributed by atoms with Gasteiger partial charge in [-0.15, -0.1) is 0 Å². The van der Waals surface area contributed by atoms with Gasteiger partial charge < -0.3 is 16.0 Å². The number of hydrogen-bond donors (Lipinski definition) is 3. The zero-order chi connectivity index (χ0) is 20.3. The Balaban J connectivity index is 1.78. The molecule has 2 heterocycles. The Bertz CT molecular complexity index is 853. The summed E-state index contributed by atoms with van der Waals surface area (Å²) in [6, 6.07) is 3.01. The summed E-state index contributed by atoms with van der Waals surface area (Å²) < 4.78 is 40.5. The van der Waals surface area contributed by atoms with Crippen LogP contribution in [0.2, 0.25) is 0 Å². The highest BCUT2D eigenvalue weighted by Crippen LogP contribution is 2.33. The monoisotopic (exact) mass is 397 g/mol. The number of carbonyl (C=O) groups is 2. The fourth-order valence-electron chi connectivity index (χ4n) is 3.32. The lowest BCUT2D eigenvalue weighted by atomic mass is 9.97. The Morgan fingerprint density at radius 3 is 2.79 bits per heavy atom. The molecule has 0 spiro atoms. The van der Waals surface area contributed by atoms with Gasteiger partial charge in [-0.3, -0.25) is 9.59 Å². The Kier molecular flexibility index (Phi) is 5.63. The minimum Gasteiger partial charge on any atom is -0.369 e. The van der Waals surface area contributed by atoms with Gasteiger partial charge >= 0.3 is 6.18 Å². The second-order valence-corrected chi connectivity index (χ2v) is 6.74. The number of primary amides is 1. The van der Waals surface area contributed by atoms with E-state index in [9.17, 15) is 22.8 Å². The molecule has 0 saturated carbocycles. The molecule has 1 aromatic carbocycles. The molecule has 4 N–H and O–H groups in total. The summed E-state index contributed by atoms with van der Waals surface area (Å²) in [7, 11) is 0. The Hall–Kier alpha value is -2.95. The highest BCUT2D eigenvalue weighted by molar-refractivity contribution is 5.93. The predicted octanol–water partition coefficient (Wildman–Crippen LogP) is 0.00480. The number of anilines is 1. The average Bonchev–Trinajstić information content (AvgIpc) is 3.15. The zero-order valence-electron chi connectivity index (χ0n) is 14.9. The molecular weight excluding hydrogens is 377 g/mol. The van der Waals surface area contributed by atoms with E-state index in [0.29, 0.717) is 19.5 Å². The van der Waals surface area contributed by atoms with Gasteiger partial charge in [0.2, 0.25) is 5.91 Å². The quantitative estimate of drug-likeness (QED) is 0.660. The van der Waals surface area contributed by atoms with E-state index in [4.69, 9.17) is 5.73 Å². The topological polar surface area (TPSA) is 107 Å². The number of alkyl halides is 3. The number of halogens is 3. The first-order valence-electron chi connectivity index (χ1n) is 8.73. The fraction of sp³-hybridized carbons (Fsp3) is 0.412. The molecule has 0 bridgehead atoms. The molecule has 1 unspecified atom stereocenters. The van der Waals surface area contributed by atoms with Gasteiger partial charge in [0.05, 0.1) is 35.9 Å². The molecule has 8 nitrogen and oxygen atoms in total. The first-order chi connectivity index (χ1) is 13.2. The molecule has 11 heteroatoms. The van der Waals surface area contributed by atoms with Crippen molar-refractivity contribution in [3.8, 4) is 5.69 Å². The van der Waals surface area contributed by atoms with Gasteiger partial charge in [-0.25, -0.2) is 9.67 Å². The molecule has 2 atom stereocenters. The van der Waals surface area contributed by atoms with Gasteiger partial charge in [0, 0.05) is 0 Å². The number of nitrogens with zero attached hydrogens (tertiary/aromatic N) is 3. The predicted molar refractivity (Wildman–Crippen MR) is 92.5 cm³/mol. The van der Waals surface area contributed by atoms with E-state index in [1.54, 1.807) is 0 Å². The molecule has 2 aromatic rings. The maximum absolute atomic E-state index is 13.1. The summed E-state index contributed by atoms with van der Waals surface area (Å²) in [5.41, 5.74) is 4.70. The summed E-state index contributed by atoms with van der Waals surface area (Å²) in [6.45, 7) is 1.15. The maximum Gasteiger partial charge on any atom is 0.416 e. The number of hydrogen-bond acceptors (Lipinski definition) is 4. The van der Waals surface area contributed by atoms with Crippen molar-refractivity contribution in [2.24, 2.45) is 11.7 Å². The van der Waals surface area contributed by atoms with Crippen molar-refractivity contribution in [3.63, 3.8) is 0 Å². The molecule has 0 radical (unpaired) electrons. The van der Waals surface area contributed by atoms with Crippen LogP contribution in [0.25, 0.3) is 5.69 Å². The van der Waals surface area contributed by atoms with E-state index in [1.165, 1.54) is 23.4 Å². The SMILES string of the molecule is NC(=O)[C@H]1CCC[NH+](CC(=O)Nc2cc(C(F)(F)F)ccc2-n2cncn2)C1. The lowest BCUT2D eigenvalue weighted by molar-refractivity contribution is -0.899. The van der Waals surface area contributed by atoms with Crippen molar-refractivity contribution < 1.29 is 27.7 Å².